The number of imidazole rings is 1. The summed E-state index contributed by atoms with van der Waals surface area (Å²) in [6, 6.07) is 9.99. The van der Waals surface area contributed by atoms with Gasteiger partial charge in [-0.1, -0.05) is 12.1 Å². The number of hydrogen-bond acceptors (Lipinski definition) is 8. The van der Waals surface area contributed by atoms with Crippen molar-refractivity contribution < 1.29 is 18.3 Å². The van der Waals surface area contributed by atoms with Crippen LogP contribution in [0, 0.1) is 5.92 Å². The van der Waals surface area contributed by atoms with Crippen molar-refractivity contribution in [2.75, 3.05) is 57.3 Å². The highest BCUT2D eigenvalue weighted by Crippen LogP contribution is 2.31. The molecule has 2 aliphatic rings. The Balaban J connectivity index is 1.39. The van der Waals surface area contributed by atoms with Gasteiger partial charge in [-0.15, -0.1) is 0 Å². The van der Waals surface area contributed by atoms with Crippen molar-refractivity contribution in [1.82, 2.24) is 24.4 Å². The Kier molecular flexibility index (Phi) is 9.12. The largest absolute Gasteiger partial charge is 0.383 e. The van der Waals surface area contributed by atoms with Crippen LogP contribution in [0.2, 0.25) is 0 Å². The molecule has 0 radical (unpaired) electrons. The van der Waals surface area contributed by atoms with E-state index in [1.54, 1.807) is 31.4 Å². The summed E-state index contributed by atoms with van der Waals surface area (Å²) in [4.78, 5) is 18.4. The topological polar surface area (TPSA) is 80.6 Å². The first kappa shape index (κ1) is 28.6. The van der Waals surface area contributed by atoms with Crippen molar-refractivity contribution in [3.8, 4) is 5.82 Å². The van der Waals surface area contributed by atoms with Crippen molar-refractivity contribution in [3.63, 3.8) is 0 Å². The highest BCUT2D eigenvalue weighted by atomic mass is 19.3. The fourth-order valence-corrected chi connectivity index (χ4v) is 5.97. The van der Waals surface area contributed by atoms with E-state index in [4.69, 9.17) is 19.4 Å². The third kappa shape index (κ3) is 6.21. The van der Waals surface area contributed by atoms with Gasteiger partial charge in [-0.05, 0) is 64.6 Å². The van der Waals surface area contributed by atoms with Gasteiger partial charge in [0.2, 0.25) is 5.95 Å². The standard InChI is InChI=1S/C29H41F2N7O2/c1-19(17-39-4)36(3)22-11-9-21(10-12-22)16-32-29-34-25(37-13-14-40-18-20(37)2)15-26(35-29)38-24-8-6-5-7-23(24)33-28(38)27(30)31/h5-8,15,19-22,27H,9-14,16-18H2,1-4H3,(H,32,34,35)/t19?,20-,21?,22?/m0/s1. The molecule has 9 nitrogen and oxygen atoms in total. The van der Waals surface area contributed by atoms with Crippen LogP contribution in [0.4, 0.5) is 20.5 Å². The first-order valence-electron chi connectivity index (χ1n) is 14.3. The predicted molar refractivity (Wildman–Crippen MR) is 153 cm³/mol. The molecule has 40 heavy (non-hydrogen) atoms. The molecule has 2 fully saturated rings. The molecule has 3 heterocycles. The molecule has 1 aliphatic heterocycles. The number of benzene rings is 1. The molecule has 1 aromatic carbocycles. The zero-order valence-corrected chi connectivity index (χ0v) is 23.9. The second-order valence-corrected chi connectivity index (χ2v) is 11.1. The molecule has 218 valence electrons. The minimum atomic E-state index is -2.75. The van der Waals surface area contributed by atoms with Crippen LogP contribution >= 0.6 is 0 Å². The number of likely N-dealkylation sites (N-methyl/N-ethyl adjacent to an activating group) is 1. The average molecular weight is 558 g/mol. The number of halogens is 2. The van der Waals surface area contributed by atoms with Crippen molar-refractivity contribution in [1.29, 1.82) is 0 Å². The molecule has 1 saturated carbocycles. The van der Waals surface area contributed by atoms with Crippen LogP contribution < -0.4 is 10.2 Å². The Morgan fingerprint density at radius 1 is 1.12 bits per heavy atom. The summed E-state index contributed by atoms with van der Waals surface area (Å²) in [7, 11) is 3.94. The van der Waals surface area contributed by atoms with Gasteiger partial charge >= 0.3 is 0 Å². The van der Waals surface area contributed by atoms with E-state index in [1.807, 2.05) is 6.07 Å². The summed E-state index contributed by atoms with van der Waals surface area (Å²) in [6.45, 7) is 7.59. The summed E-state index contributed by atoms with van der Waals surface area (Å²) < 4.78 is 40.8. The summed E-state index contributed by atoms with van der Waals surface area (Å²) in [5.74, 6) is 1.69. The number of nitrogens with zero attached hydrogens (tertiary/aromatic N) is 6. The molecule has 1 saturated heterocycles. The third-order valence-electron chi connectivity index (χ3n) is 8.42. The number of alkyl halides is 2. The first-order chi connectivity index (χ1) is 19.4. The molecule has 0 spiro atoms. The van der Waals surface area contributed by atoms with Crippen LogP contribution in [0.25, 0.3) is 16.9 Å². The van der Waals surface area contributed by atoms with Crippen LogP contribution in [0.15, 0.2) is 30.3 Å². The molecule has 1 unspecified atom stereocenters. The van der Waals surface area contributed by atoms with E-state index in [-0.39, 0.29) is 11.9 Å². The zero-order chi connectivity index (χ0) is 28.2. The zero-order valence-electron chi connectivity index (χ0n) is 23.9. The van der Waals surface area contributed by atoms with E-state index in [1.165, 1.54) is 4.57 Å². The number of aromatic nitrogens is 4. The van der Waals surface area contributed by atoms with E-state index < -0.39 is 6.43 Å². The Bertz CT molecular complexity index is 1260. The van der Waals surface area contributed by atoms with E-state index in [9.17, 15) is 8.78 Å². The number of ether oxygens (including phenoxy) is 2. The SMILES string of the molecule is COCC(C)N(C)C1CCC(CNc2nc(N3CCOC[C@@H]3C)cc(-n3c(C(F)F)nc4ccccc43)n2)CC1. The maximum Gasteiger partial charge on any atom is 0.296 e. The number of rotatable bonds is 10. The molecule has 5 rings (SSSR count). The maximum atomic E-state index is 14.2. The number of methoxy groups -OCH3 is 1. The lowest BCUT2D eigenvalue weighted by Gasteiger charge is -2.37. The number of anilines is 2. The predicted octanol–water partition coefficient (Wildman–Crippen LogP) is 4.92. The quantitative estimate of drug-likeness (QED) is 0.377. The molecule has 0 amide bonds. The molecular formula is C29H41F2N7O2. The Morgan fingerprint density at radius 2 is 1.88 bits per heavy atom. The monoisotopic (exact) mass is 557 g/mol. The molecule has 1 N–H and O–H groups in total. The van der Waals surface area contributed by atoms with E-state index >= 15 is 0 Å². The van der Waals surface area contributed by atoms with Gasteiger partial charge in [0.1, 0.15) is 11.6 Å². The second-order valence-electron chi connectivity index (χ2n) is 11.1. The van der Waals surface area contributed by atoms with Crippen molar-refractivity contribution in [3.05, 3.63) is 36.2 Å². The Morgan fingerprint density at radius 3 is 2.60 bits per heavy atom. The van der Waals surface area contributed by atoms with Gasteiger partial charge < -0.3 is 19.7 Å². The third-order valence-corrected chi connectivity index (χ3v) is 8.42. The average Bonchev–Trinajstić information content (AvgIpc) is 3.36. The smallest absolute Gasteiger partial charge is 0.296 e. The summed E-state index contributed by atoms with van der Waals surface area (Å²) in [5.41, 5.74) is 1.10. The number of para-hydroxylation sites is 2. The van der Waals surface area contributed by atoms with Gasteiger partial charge in [-0.25, -0.2) is 13.8 Å². The fourth-order valence-electron chi connectivity index (χ4n) is 5.97. The molecule has 11 heteroatoms. The first-order valence-corrected chi connectivity index (χ1v) is 14.3. The normalized spacial score (nSPS) is 22.8. The van der Waals surface area contributed by atoms with Crippen LogP contribution in [0.5, 0.6) is 0 Å². The Hall–Kier alpha value is -2.89. The van der Waals surface area contributed by atoms with Crippen LogP contribution in [-0.2, 0) is 9.47 Å². The van der Waals surface area contributed by atoms with Crippen molar-refractivity contribution >= 4 is 22.8 Å². The number of hydrogen-bond donors (Lipinski definition) is 1. The Labute approximate surface area is 234 Å². The molecule has 1 aliphatic carbocycles. The van der Waals surface area contributed by atoms with Crippen molar-refractivity contribution in [2.45, 2.75) is 64.1 Å². The van der Waals surface area contributed by atoms with Gasteiger partial charge in [-0.3, -0.25) is 9.47 Å². The molecular weight excluding hydrogens is 516 g/mol. The minimum absolute atomic E-state index is 0.103. The van der Waals surface area contributed by atoms with Crippen LogP contribution in [-0.4, -0.2) is 89.6 Å². The van der Waals surface area contributed by atoms with E-state index in [0.717, 1.165) is 38.8 Å². The fraction of sp³-hybridized carbons (Fsp3) is 0.621. The van der Waals surface area contributed by atoms with E-state index in [0.29, 0.717) is 66.4 Å². The van der Waals surface area contributed by atoms with Gasteiger partial charge in [0.25, 0.3) is 6.43 Å². The van der Waals surface area contributed by atoms with Gasteiger partial charge in [-0.2, -0.15) is 9.97 Å². The van der Waals surface area contributed by atoms with Gasteiger partial charge in [0.05, 0.1) is 36.9 Å². The summed E-state index contributed by atoms with van der Waals surface area (Å²) in [5, 5.41) is 3.46. The van der Waals surface area contributed by atoms with Gasteiger partial charge in [0, 0.05) is 38.3 Å². The number of fused-ring (bicyclic) bond motifs is 1. The van der Waals surface area contributed by atoms with E-state index in [2.05, 4.69) is 41.0 Å². The van der Waals surface area contributed by atoms with Crippen LogP contribution in [0.1, 0.15) is 51.8 Å². The van der Waals surface area contributed by atoms with Gasteiger partial charge in [0.15, 0.2) is 5.82 Å². The molecule has 2 aromatic heterocycles. The lowest BCUT2D eigenvalue weighted by Crippen LogP contribution is -2.44. The summed E-state index contributed by atoms with van der Waals surface area (Å²) >= 11 is 0. The second kappa shape index (κ2) is 12.7. The molecule has 0 bridgehead atoms. The minimum Gasteiger partial charge on any atom is -0.383 e. The number of nitrogens with one attached hydrogen (secondary N) is 1. The maximum absolute atomic E-state index is 14.2. The lowest BCUT2D eigenvalue weighted by molar-refractivity contribution is 0.0696. The lowest BCUT2D eigenvalue weighted by atomic mass is 9.85. The molecule has 3 aromatic rings. The summed E-state index contributed by atoms with van der Waals surface area (Å²) in [6.07, 6.45) is 1.73. The van der Waals surface area contributed by atoms with Crippen LogP contribution in [0.3, 0.4) is 0 Å². The van der Waals surface area contributed by atoms with Crippen molar-refractivity contribution in [2.24, 2.45) is 5.92 Å². The highest BCUT2D eigenvalue weighted by molar-refractivity contribution is 5.78. The molecule has 2 atom stereocenters. The number of morpholine rings is 1. The highest BCUT2D eigenvalue weighted by Gasteiger charge is 2.28.